The molecule has 2 amide bonds. The van der Waals surface area contributed by atoms with Gasteiger partial charge in [-0.1, -0.05) is 12.5 Å². The average Bonchev–Trinajstić information content (AvgIpc) is 3.34. The van der Waals surface area contributed by atoms with Crippen LogP contribution in [0.2, 0.25) is 0 Å². The number of anilines is 1. The highest BCUT2D eigenvalue weighted by Gasteiger charge is 2.30. The van der Waals surface area contributed by atoms with Gasteiger partial charge in [0.25, 0.3) is 0 Å². The highest BCUT2D eigenvalue weighted by atomic mass is 32.2. The van der Waals surface area contributed by atoms with Crippen LogP contribution in [0, 0.1) is 0 Å². The molecule has 172 valence electrons. The number of sulfonamides is 1. The van der Waals surface area contributed by atoms with Gasteiger partial charge >= 0.3 is 6.03 Å². The summed E-state index contributed by atoms with van der Waals surface area (Å²) in [6, 6.07) is 10.0. The molecule has 8 nitrogen and oxygen atoms in total. The van der Waals surface area contributed by atoms with Crippen LogP contribution in [0.3, 0.4) is 0 Å². The van der Waals surface area contributed by atoms with E-state index < -0.39 is 10.0 Å². The van der Waals surface area contributed by atoms with E-state index in [0.717, 1.165) is 44.3 Å². The number of carbonyl (C=O) groups is 1. The van der Waals surface area contributed by atoms with Gasteiger partial charge in [-0.3, -0.25) is 4.98 Å². The van der Waals surface area contributed by atoms with Gasteiger partial charge < -0.3 is 15.5 Å². The second-order valence-electron chi connectivity index (χ2n) is 8.58. The number of aromatic nitrogens is 1. The SMILES string of the molecule is O=C(NCc1cccnc1)Nc1ccc(S(=O)(=O)NC2CCCC(N3CCCC3)C2)cc1. The number of hydrogen-bond acceptors (Lipinski definition) is 5. The van der Waals surface area contributed by atoms with E-state index in [1.165, 1.54) is 25.0 Å². The number of nitrogens with one attached hydrogen (secondary N) is 3. The first-order chi connectivity index (χ1) is 15.5. The minimum Gasteiger partial charge on any atom is -0.334 e. The number of pyridine rings is 1. The smallest absolute Gasteiger partial charge is 0.319 e. The zero-order valence-corrected chi connectivity index (χ0v) is 19.0. The Bertz CT molecular complexity index is 992. The van der Waals surface area contributed by atoms with Crippen LogP contribution in [0.1, 0.15) is 44.1 Å². The van der Waals surface area contributed by atoms with E-state index in [-0.39, 0.29) is 17.0 Å². The van der Waals surface area contributed by atoms with Gasteiger partial charge in [0.1, 0.15) is 0 Å². The van der Waals surface area contributed by atoms with Gasteiger partial charge in [0, 0.05) is 36.7 Å². The fourth-order valence-electron chi connectivity index (χ4n) is 4.57. The van der Waals surface area contributed by atoms with Crippen LogP contribution in [0.5, 0.6) is 0 Å². The van der Waals surface area contributed by atoms with Crippen LogP contribution < -0.4 is 15.4 Å². The van der Waals surface area contributed by atoms with Gasteiger partial charge in [0.05, 0.1) is 4.90 Å². The standard InChI is InChI=1S/C23H31N5O3S/c29-23(25-17-18-5-4-12-24-16-18)26-19-8-10-22(11-9-19)32(30,31)27-20-6-3-7-21(15-20)28-13-1-2-14-28/h4-5,8-12,16,20-21,27H,1-3,6-7,13-15,17H2,(H2,25,26,29). The fourth-order valence-corrected chi connectivity index (χ4v) is 5.86. The monoisotopic (exact) mass is 457 g/mol. The Morgan fingerprint density at radius 2 is 1.84 bits per heavy atom. The summed E-state index contributed by atoms with van der Waals surface area (Å²) in [5.74, 6) is 0. The summed E-state index contributed by atoms with van der Waals surface area (Å²) < 4.78 is 28.7. The van der Waals surface area contributed by atoms with Crippen molar-refractivity contribution in [1.82, 2.24) is 19.9 Å². The number of nitrogens with zero attached hydrogens (tertiary/aromatic N) is 2. The highest BCUT2D eigenvalue weighted by Crippen LogP contribution is 2.27. The Morgan fingerprint density at radius 1 is 1.06 bits per heavy atom. The molecular formula is C23H31N5O3S. The number of benzene rings is 1. The van der Waals surface area contributed by atoms with Crippen molar-refractivity contribution in [2.24, 2.45) is 0 Å². The number of hydrogen-bond donors (Lipinski definition) is 3. The lowest BCUT2D eigenvalue weighted by molar-refractivity contribution is 0.175. The van der Waals surface area contributed by atoms with Crippen LogP contribution in [0.15, 0.2) is 53.7 Å². The summed E-state index contributed by atoms with van der Waals surface area (Å²) in [6.45, 7) is 2.62. The van der Waals surface area contributed by atoms with E-state index in [0.29, 0.717) is 18.3 Å². The maximum Gasteiger partial charge on any atom is 0.319 e. The topological polar surface area (TPSA) is 103 Å². The molecule has 0 spiro atoms. The van der Waals surface area contributed by atoms with Crippen molar-refractivity contribution in [2.75, 3.05) is 18.4 Å². The summed E-state index contributed by atoms with van der Waals surface area (Å²) in [6.07, 6.45) is 9.80. The summed E-state index contributed by atoms with van der Waals surface area (Å²) >= 11 is 0. The second-order valence-corrected chi connectivity index (χ2v) is 10.3. The number of carbonyl (C=O) groups excluding carboxylic acids is 1. The van der Waals surface area contributed by atoms with Crippen molar-refractivity contribution in [3.05, 3.63) is 54.4 Å². The molecule has 2 heterocycles. The van der Waals surface area contributed by atoms with Gasteiger partial charge in [-0.05, 0) is 81.1 Å². The third kappa shape index (κ3) is 6.05. The van der Waals surface area contributed by atoms with Gasteiger partial charge in [-0.25, -0.2) is 17.9 Å². The number of likely N-dealkylation sites (tertiary alicyclic amines) is 1. The van der Waals surface area contributed by atoms with Gasteiger partial charge in [0.15, 0.2) is 0 Å². The summed E-state index contributed by atoms with van der Waals surface area (Å²) in [5, 5.41) is 5.47. The van der Waals surface area contributed by atoms with Crippen molar-refractivity contribution < 1.29 is 13.2 Å². The maximum atomic E-state index is 12.9. The Morgan fingerprint density at radius 3 is 2.56 bits per heavy atom. The lowest BCUT2D eigenvalue weighted by Crippen LogP contribution is -2.45. The number of rotatable bonds is 7. The maximum absolute atomic E-state index is 12.9. The quantitative estimate of drug-likeness (QED) is 0.593. The molecule has 0 bridgehead atoms. The van der Waals surface area contributed by atoms with Crippen molar-refractivity contribution in [3.63, 3.8) is 0 Å². The molecule has 2 atom stereocenters. The zero-order valence-electron chi connectivity index (χ0n) is 18.2. The van der Waals surface area contributed by atoms with Crippen molar-refractivity contribution in [2.45, 2.75) is 62.0 Å². The third-order valence-corrected chi connectivity index (χ3v) is 7.76. The predicted octanol–water partition coefficient (Wildman–Crippen LogP) is 3.09. The number of urea groups is 1. The molecule has 1 aliphatic heterocycles. The summed E-state index contributed by atoms with van der Waals surface area (Å²) in [7, 11) is -3.60. The minimum atomic E-state index is -3.60. The average molecular weight is 458 g/mol. The normalized spacial score (nSPS) is 21.9. The van der Waals surface area contributed by atoms with E-state index in [9.17, 15) is 13.2 Å². The lowest BCUT2D eigenvalue weighted by Gasteiger charge is -2.35. The largest absolute Gasteiger partial charge is 0.334 e. The molecule has 3 N–H and O–H groups in total. The molecule has 1 aliphatic carbocycles. The Kier molecular flexibility index (Phi) is 7.39. The van der Waals surface area contributed by atoms with Crippen molar-refractivity contribution in [3.8, 4) is 0 Å². The van der Waals surface area contributed by atoms with Crippen molar-refractivity contribution in [1.29, 1.82) is 0 Å². The van der Waals surface area contributed by atoms with Crippen LogP contribution in [0.25, 0.3) is 0 Å². The zero-order chi connectivity index (χ0) is 22.4. The molecule has 4 rings (SSSR count). The minimum absolute atomic E-state index is 0.0320. The van der Waals surface area contributed by atoms with Crippen LogP contribution in [0.4, 0.5) is 10.5 Å². The number of amides is 2. The van der Waals surface area contributed by atoms with Crippen LogP contribution >= 0.6 is 0 Å². The molecule has 2 aliphatic rings. The Balaban J connectivity index is 1.29. The fraction of sp³-hybridized carbons (Fsp3) is 0.478. The lowest BCUT2D eigenvalue weighted by atomic mass is 9.91. The van der Waals surface area contributed by atoms with E-state index in [1.54, 1.807) is 24.5 Å². The molecule has 1 aromatic heterocycles. The predicted molar refractivity (Wildman–Crippen MR) is 124 cm³/mol. The molecule has 2 unspecified atom stereocenters. The summed E-state index contributed by atoms with van der Waals surface area (Å²) in [5.41, 5.74) is 1.42. The van der Waals surface area contributed by atoms with E-state index in [2.05, 4.69) is 25.2 Å². The Hall–Kier alpha value is -2.49. The van der Waals surface area contributed by atoms with Crippen LogP contribution in [-0.4, -0.2) is 49.5 Å². The molecule has 1 aromatic carbocycles. The first-order valence-electron chi connectivity index (χ1n) is 11.3. The summed E-state index contributed by atoms with van der Waals surface area (Å²) in [4.78, 5) is 18.8. The van der Waals surface area contributed by atoms with E-state index >= 15 is 0 Å². The molecule has 9 heteroatoms. The van der Waals surface area contributed by atoms with Crippen molar-refractivity contribution >= 4 is 21.7 Å². The van der Waals surface area contributed by atoms with Crippen LogP contribution in [-0.2, 0) is 16.6 Å². The third-order valence-electron chi connectivity index (χ3n) is 6.22. The van der Waals surface area contributed by atoms with E-state index in [4.69, 9.17) is 0 Å². The molecule has 0 radical (unpaired) electrons. The molecule has 1 saturated carbocycles. The highest BCUT2D eigenvalue weighted by molar-refractivity contribution is 7.89. The Labute approximate surface area is 189 Å². The van der Waals surface area contributed by atoms with Gasteiger partial charge in [0.2, 0.25) is 10.0 Å². The van der Waals surface area contributed by atoms with Gasteiger partial charge in [-0.2, -0.15) is 0 Å². The molecule has 2 fully saturated rings. The molecular weight excluding hydrogens is 426 g/mol. The molecule has 32 heavy (non-hydrogen) atoms. The molecule has 2 aromatic rings. The second kappa shape index (κ2) is 10.4. The first kappa shape index (κ1) is 22.7. The molecule has 1 saturated heterocycles. The first-order valence-corrected chi connectivity index (χ1v) is 12.8. The van der Waals surface area contributed by atoms with E-state index in [1.807, 2.05) is 12.1 Å². The van der Waals surface area contributed by atoms with Gasteiger partial charge in [-0.15, -0.1) is 0 Å².